The Hall–Kier alpha value is -3.38. The highest BCUT2D eigenvalue weighted by Gasteiger charge is 2.15. The number of piperazine rings is 1. The lowest BCUT2D eigenvalue weighted by Crippen LogP contribution is -2.44. The Morgan fingerprint density at radius 1 is 0.871 bits per heavy atom. The van der Waals surface area contributed by atoms with Crippen molar-refractivity contribution in [1.82, 2.24) is 19.5 Å². The summed E-state index contributed by atoms with van der Waals surface area (Å²) >= 11 is 0. The zero-order chi connectivity index (χ0) is 21.2. The van der Waals surface area contributed by atoms with Gasteiger partial charge in [0.05, 0.1) is 7.11 Å². The molecular formula is C25H27N5O. The van der Waals surface area contributed by atoms with Crippen LogP contribution in [0.3, 0.4) is 0 Å². The van der Waals surface area contributed by atoms with Crippen LogP contribution in [0.1, 0.15) is 11.4 Å². The zero-order valence-corrected chi connectivity index (χ0v) is 18.0. The van der Waals surface area contributed by atoms with Gasteiger partial charge in [-0.15, -0.1) is 0 Å². The SMILES string of the molecule is COc1ccccc1-c1cccn2nc(Cc3ccc(N4CCN(C)CC4)cc3)nc12. The molecule has 2 aromatic carbocycles. The Morgan fingerprint density at radius 2 is 1.61 bits per heavy atom. The number of rotatable bonds is 5. The van der Waals surface area contributed by atoms with E-state index in [-0.39, 0.29) is 0 Å². The van der Waals surface area contributed by atoms with E-state index in [9.17, 15) is 0 Å². The number of nitrogens with zero attached hydrogens (tertiary/aromatic N) is 5. The number of methoxy groups -OCH3 is 1. The molecule has 0 radical (unpaired) electrons. The number of fused-ring (bicyclic) bond motifs is 1. The van der Waals surface area contributed by atoms with E-state index in [1.54, 1.807) is 7.11 Å². The van der Waals surface area contributed by atoms with Crippen molar-refractivity contribution in [2.75, 3.05) is 45.2 Å². The molecule has 0 unspecified atom stereocenters. The summed E-state index contributed by atoms with van der Waals surface area (Å²) in [5.74, 6) is 1.65. The van der Waals surface area contributed by atoms with Gasteiger partial charge in [-0.1, -0.05) is 30.3 Å². The second kappa shape index (κ2) is 8.40. The van der Waals surface area contributed by atoms with E-state index in [1.807, 2.05) is 35.0 Å². The Morgan fingerprint density at radius 3 is 2.39 bits per heavy atom. The molecule has 0 aliphatic carbocycles. The van der Waals surface area contributed by atoms with Crippen LogP contribution in [-0.4, -0.2) is 59.8 Å². The van der Waals surface area contributed by atoms with Crippen molar-refractivity contribution < 1.29 is 4.74 Å². The van der Waals surface area contributed by atoms with Gasteiger partial charge in [0.2, 0.25) is 0 Å². The summed E-state index contributed by atoms with van der Waals surface area (Å²) < 4.78 is 7.41. The minimum absolute atomic E-state index is 0.704. The first kappa shape index (κ1) is 19.6. The highest BCUT2D eigenvalue weighted by atomic mass is 16.5. The van der Waals surface area contributed by atoms with E-state index in [2.05, 4.69) is 53.2 Å². The summed E-state index contributed by atoms with van der Waals surface area (Å²) in [6.45, 7) is 4.38. The van der Waals surface area contributed by atoms with Gasteiger partial charge in [-0.3, -0.25) is 0 Å². The van der Waals surface area contributed by atoms with Gasteiger partial charge in [0.15, 0.2) is 11.5 Å². The van der Waals surface area contributed by atoms with Crippen LogP contribution in [0.25, 0.3) is 16.8 Å². The van der Waals surface area contributed by atoms with E-state index in [0.717, 1.165) is 54.5 Å². The second-order valence-electron chi connectivity index (χ2n) is 8.05. The van der Waals surface area contributed by atoms with E-state index in [4.69, 9.17) is 14.8 Å². The fourth-order valence-corrected chi connectivity index (χ4v) is 4.17. The smallest absolute Gasteiger partial charge is 0.163 e. The lowest BCUT2D eigenvalue weighted by molar-refractivity contribution is 0.313. The maximum Gasteiger partial charge on any atom is 0.163 e. The number of para-hydroxylation sites is 1. The predicted octanol–water partition coefficient (Wildman–Crippen LogP) is 3.75. The summed E-state index contributed by atoms with van der Waals surface area (Å²) in [6.07, 6.45) is 2.65. The minimum Gasteiger partial charge on any atom is -0.496 e. The molecule has 31 heavy (non-hydrogen) atoms. The number of ether oxygens (including phenoxy) is 1. The molecule has 158 valence electrons. The molecule has 1 aliphatic heterocycles. The highest BCUT2D eigenvalue weighted by molar-refractivity contribution is 5.81. The number of aromatic nitrogens is 3. The first-order valence-electron chi connectivity index (χ1n) is 10.7. The first-order valence-corrected chi connectivity index (χ1v) is 10.7. The topological polar surface area (TPSA) is 45.9 Å². The predicted molar refractivity (Wildman–Crippen MR) is 124 cm³/mol. The van der Waals surface area contributed by atoms with Crippen LogP contribution < -0.4 is 9.64 Å². The van der Waals surface area contributed by atoms with Gasteiger partial charge in [0.25, 0.3) is 0 Å². The van der Waals surface area contributed by atoms with Crippen LogP contribution in [-0.2, 0) is 6.42 Å². The molecule has 2 aromatic heterocycles. The third-order valence-corrected chi connectivity index (χ3v) is 5.97. The maximum atomic E-state index is 5.55. The van der Waals surface area contributed by atoms with Gasteiger partial charge in [-0.25, -0.2) is 9.50 Å². The summed E-state index contributed by atoms with van der Waals surface area (Å²) in [6, 6.07) is 20.9. The zero-order valence-electron chi connectivity index (χ0n) is 18.0. The fourth-order valence-electron chi connectivity index (χ4n) is 4.17. The van der Waals surface area contributed by atoms with Crippen molar-refractivity contribution in [3.8, 4) is 16.9 Å². The second-order valence-corrected chi connectivity index (χ2v) is 8.05. The normalized spacial score (nSPS) is 14.8. The van der Waals surface area contributed by atoms with Gasteiger partial charge < -0.3 is 14.5 Å². The van der Waals surface area contributed by atoms with Crippen molar-refractivity contribution in [3.63, 3.8) is 0 Å². The van der Waals surface area contributed by atoms with Crippen molar-refractivity contribution >= 4 is 11.3 Å². The molecule has 0 amide bonds. The van der Waals surface area contributed by atoms with Gasteiger partial charge in [0.1, 0.15) is 5.75 Å². The van der Waals surface area contributed by atoms with Crippen molar-refractivity contribution in [2.24, 2.45) is 0 Å². The fraction of sp³-hybridized carbons (Fsp3) is 0.280. The minimum atomic E-state index is 0.704. The molecule has 4 aromatic rings. The third kappa shape index (κ3) is 3.99. The van der Waals surface area contributed by atoms with Crippen LogP contribution >= 0.6 is 0 Å². The van der Waals surface area contributed by atoms with E-state index >= 15 is 0 Å². The van der Waals surface area contributed by atoms with Gasteiger partial charge in [-0.05, 0) is 42.9 Å². The molecule has 5 rings (SSSR count). The molecule has 1 saturated heterocycles. The number of benzene rings is 2. The molecule has 0 N–H and O–H groups in total. The molecule has 0 spiro atoms. The quantitative estimate of drug-likeness (QED) is 0.499. The monoisotopic (exact) mass is 413 g/mol. The lowest BCUT2D eigenvalue weighted by Gasteiger charge is -2.34. The Kier molecular flexibility index (Phi) is 5.30. The van der Waals surface area contributed by atoms with E-state index < -0.39 is 0 Å². The van der Waals surface area contributed by atoms with E-state index in [0.29, 0.717) is 6.42 Å². The largest absolute Gasteiger partial charge is 0.496 e. The maximum absolute atomic E-state index is 5.55. The van der Waals surface area contributed by atoms with Crippen LogP contribution in [0.5, 0.6) is 5.75 Å². The first-order chi connectivity index (χ1) is 15.2. The van der Waals surface area contributed by atoms with Gasteiger partial charge >= 0.3 is 0 Å². The van der Waals surface area contributed by atoms with Crippen LogP contribution in [0.15, 0.2) is 66.9 Å². The molecule has 0 atom stereocenters. The summed E-state index contributed by atoms with van der Waals surface area (Å²) in [5, 5.41) is 4.72. The summed E-state index contributed by atoms with van der Waals surface area (Å²) in [4.78, 5) is 9.69. The standard InChI is InChI=1S/C25H27N5O/c1-28-14-16-29(17-15-28)20-11-9-19(10-12-20)18-24-26-25-22(7-5-13-30(25)27-24)21-6-3-4-8-23(21)31-2/h3-13H,14-18H2,1-2H3. The van der Waals surface area contributed by atoms with Crippen molar-refractivity contribution in [2.45, 2.75) is 6.42 Å². The number of hydrogen-bond acceptors (Lipinski definition) is 5. The van der Waals surface area contributed by atoms with Crippen LogP contribution in [0, 0.1) is 0 Å². The average molecular weight is 414 g/mol. The molecule has 1 fully saturated rings. The lowest BCUT2D eigenvalue weighted by atomic mass is 10.1. The van der Waals surface area contributed by atoms with Crippen molar-refractivity contribution in [1.29, 1.82) is 0 Å². The van der Waals surface area contributed by atoms with E-state index in [1.165, 1.54) is 11.3 Å². The molecule has 0 bridgehead atoms. The average Bonchev–Trinajstić information content (AvgIpc) is 3.22. The number of anilines is 1. The molecular weight excluding hydrogens is 386 g/mol. The number of likely N-dealkylation sites (N-methyl/N-ethyl adjacent to an activating group) is 1. The molecule has 3 heterocycles. The number of hydrogen-bond donors (Lipinski definition) is 0. The highest BCUT2D eigenvalue weighted by Crippen LogP contribution is 2.32. The Labute approximate surface area is 182 Å². The summed E-state index contributed by atoms with van der Waals surface area (Å²) in [7, 11) is 3.88. The van der Waals surface area contributed by atoms with Crippen molar-refractivity contribution in [3.05, 3.63) is 78.2 Å². The van der Waals surface area contributed by atoms with Gasteiger partial charge in [-0.2, -0.15) is 5.10 Å². The van der Waals surface area contributed by atoms with Gasteiger partial charge in [0, 0.05) is 55.6 Å². The van der Waals surface area contributed by atoms with Crippen LogP contribution in [0.2, 0.25) is 0 Å². The number of pyridine rings is 1. The molecule has 1 aliphatic rings. The third-order valence-electron chi connectivity index (χ3n) is 5.97. The summed E-state index contributed by atoms with van der Waals surface area (Å²) in [5.41, 5.74) is 5.39. The molecule has 6 nitrogen and oxygen atoms in total. The Balaban J connectivity index is 1.39. The molecule has 6 heteroatoms. The van der Waals surface area contributed by atoms with Crippen LogP contribution in [0.4, 0.5) is 5.69 Å². The molecule has 0 saturated carbocycles. The Bertz CT molecular complexity index is 1180.